The van der Waals surface area contributed by atoms with Gasteiger partial charge in [-0.3, -0.25) is 0 Å². The van der Waals surface area contributed by atoms with Crippen molar-refractivity contribution < 1.29 is 0 Å². The number of aryl methyl sites for hydroxylation is 1. The van der Waals surface area contributed by atoms with Crippen LogP contribution >= 0.6 is 0 Å². The van der Waals surface area contributed by atoms with Gasteiger partial charge in [-0.25, -0.2) is 4.98 Å². The molecule has 72 valence electrons. The van der Waals surface area contributed by atoms with Crippen molar-refractivity contribution in [2.45, 2.75) is 0 Å². The van der Waals surface area contributed by atoms with E-state index in [2.05, 4.69) is 22.0 Å². The van der Waals surface area contributed by atoms with Gasteiger partial charge in [0.15, 0.2) is 0 Å². The second-order valence-electron chi connectivity index (χ2n) is 3.23. The molecule has 0 spiro atoms. The summed E-state index contributed by atoms with van der Waals surface area (Å²) in [5, 5.41) is 0. The van der Waals surface area contributed by atoms with E-state index < -0.39 is 0 Å². The molecule has 1 heterocycles. The minimum Gasteiger partial charge on any atom is -0.320 e. The summed E-state index contributed by atoms with van der Waals surface area (Å²) in [5.41, 5.74) is 1.14. The van der Waals surface area contributed by atoms with Gasteiger partial charge in [-0.2, -0.15) is 0 Å². The van der Waals surface area contributed by atoms with Crippen LogP contribution in [0.25, 0.3) is 0 Å². The molecule has 0 amide bonds. The maximum atomic E-state index is 4.28. The number of nitrogens with zero attached hydrogens (tertiary/aromatic N) is 3. The van der Waals surface area contributed by atoms with E-state index >= 15 is 0 Å². The zero-order valence-electron chi connectivity index (χ0n) is 8.38. The van der Waals surface area contributed by atoms with E-state index in [1.165, 1.54) is 0 Å². The van der Waals surface area contributed by atoms with Crippen LogP contribution in [-0.2, 0) is 7.05 Å². The predicted molar refractivity (Wildman–Crippen MR) is 57.7 cm³/mol. The second kappa shape index (κ2) is 3.54. The van der Waals surface area contributed by atoms with Gasteiger partial charge in [0.2, 0.25) is 5.95 Å². The molecule has 3 nitrogen and oxygen atoms in total. The number of anilines is 2. The maximum absolute atomic E-state index is 4.28. The highest BCUT2D eigenvalue weighted by Gasteiger charge is 2.06. The van der Waals surface area contributed by atoms with Crippen molar-refractivity contribution >= 4 is 11.6 Å². The molecule has 0 radical (unpaired) electrons. The van der Waals surface area contributed by atoms with Gasteiger partial charge in [0.05, 0.1) is 0 Å². The van der Waals surface area contributed by atoms with Crippen molar-refractivity contribution in [3.63, 3.8) is 0 Å². The van der Waals surface area contributed by atoms with Gasteiger partial charge in [-0.1, -0.05) is 18.2 Å². The van der Waals surface area contributed by atoms with E-state index in [9.17, 15) is 0 Å². The molecular formula is C11H13N3. The van der Waals surface area contributed by atoms with Gasteiger partial charge >= 0.3 is 0 Å². The third kappa shape index (κ3) is 1.48. The highest BCUT2D eigenvalue weighted by Crippen LogP contribution is 2.19. The lowest BCUT2D eigenvalue weighted by Gasteiger charge is -2.17. The topological polar surface area (TPSA) is 21.1 Å². The van der Waals surface area contributed by atoms with Crippen LogP contribution in [0, 0.1) is 0 Å². The summed E-state index contributed by atoms with van der Waals surface area (Å²) < 4.78 is 1.99. The van der Waals surface area contributed by atoms with Gasteiger partial charge in [-0.05, 0) is 12.1 Å². The number of hydrogen-bond donors (Lipinski definition) is 0. The smallest absolute Gasteiger partial charge is 0.209 e. The molecule has 1 aromatic heterocycles. The Morgan fingerprint density at radius 2 is 1.93 bits per heavy atom. The Morgan fingerprint density at radius 3 is 2.50 bits per heavy atom. The number of hydrogen-bond acceptors (Lipinski definition) is 2. The van der Waals surface area contributed by atoms with E-state index in [4.69, 9.17) is 0 Å². The molecule has 0 N–H and O–H groups in total. The predicted octanol–water partition coefficient (Wildman–Crippen LogP) is 2.19. The van der Waals surface area contributed by atoms with Crippen LogP contribution in [0.2, 0.25) is 0 Å². The number of benzene rings is 1. The zero-order valence-corrected chi connectivity index (χ0v) is 8.38. The Morgan fingerprint density at radius 1 is 1.21 bits per heavy atom. The quantitative estimate of drug-likeness (QED) is 0.718. The zero-order chi connectivity index (χ0) is 9.97. The molecule has 0 fully saturated rings. The molecule has 2 aromatic rings. The van der Waals surface area contributed by atoms with Crippen LogP contribution in [0.1, 0.15) is 0 Å². The molecule has 0 aliphatic heterocycles. The summed E-state index contributed by atoms with van der Waals surface area (Å²) in [7, 11) is 4.00. The molecule has 0 saturated heterocycles. The molecule has 14 heavy (non-hydrogen) atoms. The van der Waals surface area contributed by atoms with E-state index in [1.54, 1.807) is 6.20 Å². The van der Waals surface area contributed by atoms with E-state index in [0.29, 0.717) is 0 Å². The van der Waals surface area contributed by atoms with Gasteiger partial charge < -0.3 is 9.47 Å². The van der Waals surface area contributed by atoms with Crippen molar-refractivity contribution in [3.05, 3.63) is 42.7 Å². The standard InChI is InChI=1S/C11H13N3/c1-13-9-8-12-11(13)14(2)10-6-4-3-5-7-10/h3-9H,1-2H3. The Balaban J connectivity index is 2.34. The lowest BCUT2D eigenvalue weighted by atomic mass is 10.3. The number of aromatic nitrogens is 2. The van der Waals surface area contributed by atoms with Gasteiger partial charge in [-0.15, -0.1) is 0 Å². The van der Waals surface area contributed by atoms with Crippen LogP contribution in [0.4, 0.5) is 11.6 Å². The highest BCUT2D eigenvalue weighted by molar-refractivity contribution is 5.56. The lowest BCUT2D eigenvalue weighted by molar-refractivity contribution is 0.884. The molecule has 1 aromatic carbocycles. The van der Waals surface area contributed by atoms with Crippen LogP contribution in [0.5, 0.6) is 0 Å². The number of imidazole rings is 1. The normalized spacial score (nSPS) is 10.1. The average molecular weight is 187 g/mol. The Labute approximate surface area is 83.6 Å². The fourth-order valence-corrected chi connectivity index (χ4v) is 1.45. The van der Waals surface area contributed by atoms with E-state index in [-0.39, 0.29) is 0 Å². The second-order valence-corrected chi connectivity index (χ2v) is 3.23. The third-order valence-electron chi connectivity index (χ3n) is 2.24. The van der Waals surface area contributed by atoms with Crippen LogP contribution in [0.3, 0.4) is 0 Å². The van der Waals surface area contributed by atoms with E-state index in [1.807, 2.05) is 43.1 Å². The molecule has 0 saturated carbocycles. The fraction of sp³-hybridized carbons (Fsp3) is 0.182. The molecule has 0 aliphatic rings. The average Bonchev–Trinajstić information content (AvgIpc) is 2.65. The Kier molecular flexibility index (Phi) is 2.23. The molecular weight excluding hydrogens is 174 g/mol. The van der Waals surface area contributed by atoms with Crippen LogP contribution in [0.15, 0.2) is 42.7 Å². The Hall–Kier alpha value is -1.77. The Bertz CT molecular complexity index is 405. The van der Waals surface area contributed by atoms with Gasteiger partial charge in [0, 0.05) is 32.2 Å². The molecule has 2 rings (SSSR count). The lowest BCUT2D eigenvalue weighted by Crippen LogP contribution is -2.13. The van der Waals surface area contributed by atoms with Crippen LogP contribution in [-0.4, -0.2) is 16.6 Å². The molecule has 0 aliphatic carbocycles. The number of para-hydroxylation sites is 1. The van der Waals surface area contributed by atoms with Crippen LogP contribution < -0.4 is 4.90 Å². The van der Waals surface area contributed by atoms with Gasteiger partial charge in [0.1, 0.15) is 0 Å². The molecule has 0 unspecified atom stereocenters. The number of rotatable bonds is 2. The summed E-state index contributed by atoms with van der Waals surface area (Å²) in [6, 6.07) is 10.2. The highest BCUT2D eigenvalue weighted by atomic mass is 15.3. The van der Waals surface area contributed by atoms with Crippen molar-refractivity contribution in [1.82, 2.24) is 9.55 Å². The first kappa shape index (κ1) is 8.81. The third-order valence-corrected chi connectivity index (χ3v) is 2.24. The first-order valence-electron chi connectivity index (χ1n) is 4.55. The molecule has 0 bridgehead atoms. The molecule has 0 atom stereocenters. The summed E-state index contributed by atoms with van der Waals surface area (Å²) in [5.74, 6) is 0.941. The monoisotopic (exact) mass is 187 g/mol. The largest absolute Gasteiger partial charge is 0.320 e. The summed E-state index contributed by atoms with van der Waals surface area (Å²) >= 11 is 0. The van der Waals surface area contributed by atoms with Crippen molar-refractivity contribution in [3.8, 4) is 0 Å². The first-order chi connectivity index (χ1) is 6.79. The maximum Gasteiger partial charge on any atom is 0.209 e. The minimum absolute atomic E-state index is 0.941. The van der Waals surface area contributed by atoms with Crippen molar-refractivity contribution in [2.24, 2.45) is 7.05 Å². The summed E-state index contributed by atoms with van der Waals surface area (Å²) in [6.45, 7) is 0. The fourth-order valence-electron chi connectivity index (χ4n) is 1.45. The summed E-state index contributed by atoms with van der Waals surface area (Å²) in [4.78, 5) is 6.34. The van der Waals surface area contributed by atoms with E-state index in [0.717, 1.165) is 11.6 Å². The summed E-state index contributed by atoms with van der Waals surface area (Å²) in [6.07, 6.45) is 3.74. The SMILES string of the molecule is CN(c1ccccc1)c1nccn1C. The van der Waals surface area contributed by atoms with Crippen molar-refractivity contribution in [1.29, 1.82) is 0 Å². The van der Waals surface area contributed by atoms with Gasteiger partial charge in [0.25, 0.3) is 0 Å². The van der Waals surface area contributed by atoms with Crippen molar-refractivity contribution in [2.75, 3.05) is 11.9 Å². The minimum atomic E-state index is 0.941. The first-order valence-corrected chi connectivity index (χ1v) is 4.55. The molecule has 3 heteroatoms.